The Hall–Kier alpha value is 0.160. The fourth-order valence-electron chi connectivity index (χ4n) is 1.31. The fraction of sp³-hybridized carbons (Fsp3) is 0. The molecule has 0 spiro atoms. The third-order valence-electron chi connectivity index (χ3n) is 2.16. The SMILES string of the molecule is Brc1ccc(Nc2ccc(Br)c(Br)c2Br)cc1. The summed E-state index contributed by atoms with van der Waals surface area (Å²) in [7, 11) is 0. The predicted octanol–water partition coefficient (Wildman–Crippen LogP) is 6.48. The molecule has 0 unspecified atom stereocenters. The summed E-state index contributed by atoms with van der Waals surface area (Å²) in [4.78, 5) is 0. The first-order valence-electron chi connectivity index (χ1n) is 4.74. The third-order valence-corrected chi connectivity index (χ3v) is 6.06. The van der Waals surface area contributed by atoms with Gasteiger partial charge in [0, 0.05) is 19.1 Å². The number of benzene rings is 2. The summed E-state index contributed by atoms with van der Waals surface area (Å²) in [5, 5.41) is 3.35. The number of halogens is 4. The van der Waals surface area contributed by atoms with E-state index in [1.807, 2.05) is 36.4 Å². The predicted molar refractivity (Wildman–Crippen MR) is 87.0 cm³/mol. The Morgan fingerprint density at radius 2 is 1.35 bits per heavy atom. The molecule has 0 saturated heterocycles. The van der Waals surface area contributed by atoms with E-state index >= 15 is 0 Å². The molecule has 0 bridgehead atoms. The molecule has 0 radical (unpaired) electrons. The van der Waals surface area contributed by atoms with Gasteiger partial charge in [-0.3, -0.25) is 0 Å². The van der Waals surface area contributed by atoms with Gasteiger partial charge in [0.05, 0.1) is 10.2 Å². The maximum Gasteiger partial charge on any atom is 0.0563 e. The van der Waals surface area contributed by atoms with Crippen LogP contribution in [0.15, 0.2) is 54.3 Å². The van der Waals surface area contributed by atoms with Crippen molar-refractivity contribution < 1.29 is 0 Å². The van der Waals surface area contributed by atoms with Crippen molar-refractivity contribution in [3.63, 3.8) is 0 Å². The maximum atomic E-state index is 3.55. The molecule has 0 aliphatic carbocycles. The molecule has 0 atom stereocenters. The highest BCUT2D eigenvalue weighted by Crippen LogP contribution is 2.37. The van der Waals surface area contributed by atoms with Crippen LogP contribution in [0.25, 0.3) is 0 Å². The minimum atomic E-state index is 0.995. The van der Waals surface area contributed by atoms with Gasteiger partial charge in [-0.05, 0) is 84.2 Å². The summed E-state index contributed by atoms with van der Waals surface area (Å²) < 4.78 is 4.08. The lowest BCUT2D eigenvalue weighted by atomic mass is 10.3. The Balaban J connectivity index is 2.30. The van der Waals surface area contributed by atoms with E-state index in [1.54, 1.807) is 0 Å². The second-order valence-corrected chi connectivity index (χ2v) is 6.71. The van der Waals surface area contributed by atoms with Gasteiger partial charge in [-0.2, -0.15) is 0 Å². The Labute approximate surface area is 134 Å². The van der Waals surface area contributed by atoms with Crippen molar-refractivity contribution in [1.82, 2.24) is 0 Å². The van der Waals surface area contributed by atoms with Gasteiger partial charge in [0.15, 0.2) is 0 Å². The van der Waals surface area contributed by atoms with E-state index in [4.69, 9.17) is 0 Å². The van der Waals surface area contributed by atoms with Crippen LogP contribution in [-0.4, -0.2) is 0 Å². The zero-order valence-electron chi connectivity index (χ0n) is 8.48. The van der Waals surface area contributed by atoms with Crippen LogP contribution in [0.5, 0.6) is 0 Å². The zero-order chi connectivity index (χ0) is 12.4. The van der Waals surface area contributed by atoms with Crippen LogP contribution < -0.4 is 5.32 Å². The second-order valence-electron chi connectivity index (χ2n) is 3.35. The Morgan fingerprint density at radius 3 is 2.00 bits per heavy atom. The van der Waals surface area contributed by atoms with Crippen LogP contribution in [0.2, 0.25) is 0 Å². The molecule has 0 saturated carbocycles. The molecule has 0 heterocycles. The van der Waals surface area contributed by atoms with E-state index in [9.17, 15) is 0 Å². The van der Waals surface area contributed by atoms with Gasteiger partial charge in [0.2, 0.25) is 0 Å². The van der Waals surface area contributed by atoms with Crippen LogP contribution in [0.4, 0.5) is 11.4 Å². The van der Waals surface area contributed by atoms with Crippen molar-refractivity contribution in [2.75, 3.05) is 5.32 Å². The number of hydrogen-bond donors (Lipinski definition) is 1. The van der Waals surface area contributed by atoms with Crippen LogP contribution >= 0.6 is 63.7 Å². The van der Waals surface area contributed by atoms with Crippen LogP contribution in [0.3, 0.4) is 0 Å². The summed E-state index contributed by atoms with van der Waals surface area (Å²) in [5.41, 5.74) is 2.06. The van der Waals surface area contributed by atoms with E-state index < -0.39 is 0 Å². The lowest BCUT2D eigenvalue weighted by Crippen LogP contribution is -1.91. The molecule has 1 N–H and O–H groups in total. The maximum absolute atomic E-state index is 3.55. The van der Waals surface area contributed by atoms with Crippen LogP contribution in [-0.2, 0) is 0 Å². The van der Waals surface area contributed by atoms with E-state index in [1.165, 1.54) is 0 Å². The first-order chi connectivity index (χ1) is 8.08. The molecule has 0 aliphatic heterocycles. The largest absolute Gasteiger partial charge is 0.355 e. The summed E-state index contributed by atoms with van der Waals surface area (Å²) in [6.45, 7) is 0. The summed E-state index contributed by atoms with van der Waals surface area (Å²) in [6, 6.07) is 12.1. The lowest BCUT2D eigenvalue weighted by Gasteiger charge is -2.10. The van der Waals surface area contributed by atoms with Gasteiger partial charge in [-0.1, -0.05) is 15.9 Å². The molecule has 2 aromatic rings. The van der Waals surface area contributed by atoms with Crippen LogP contribution in [0, 0.1) is 0 Å². The van der Waals surface area contributed by atoms with E-state index in [0.29, 0.717) is 0 Å². The number of anilines is 2. The fourth-order valence-corrected chi connectivity index (χ4v) is 2.96. The summed E-state index contributed by atoms with van der Waals surface area (Å²) in [5.74, 6) is 0. The molecular formula is C12H7Br4N. The molecule has 88 valence electrons. The Bertz CT molecular complexity index is 537. The molecule has 2 rings (SSSR count). The molecule has 2 aromatic carbocycles. The van der Waals surface area contributed by atoms with Gasteiger partial charge >= 0.3 is 0 Å². The molecule has 0 aromatic heterocycles. The third kappa shape index (κ3) is 3.34. The summed E-state index contributed by atoms with van der Waals surface area (Å²) >= 11 is 13.9. The highest BCUT2D eigenvalue weighted by atomic mass is 79.9. The van der Waals surface area contributed by atoms with Crippen molar-refractivity contribution in [2.45, 2.75) is 0 Å². The quantitative estimate of drug-likeness (QED) is 0.481. The monoisotopic (exact) mass is 481 g/mol. The normalized spacial score (nSPS) is 10.4. The standard InChI is InChI=1S/C12H7Br4N/c13-7-1-3-8(4-2-7)17-10-6-5-9(14)11(15)12(10)16/h1-6,17H. The van der Waals surface area contributed by atoms with Crippen molar-refractivity contribution in [3.8, 4) is 0 Å². The molecular weight excluding hydrogens is 478 g/mol. The summed E-state index contributed by atoms with van der Waals surface area (Å²) in [6.07, 6.45) is 0. The number of rotatable bonds is 2. The zero-order valence-corrected chi connectivity index (χ0v) is 14.8. The molecule has 17 heavy (non-hydrogen) atoms. The number of hydrogen-bond acceptors (Lipinski definition) is 1. The Kier molecular flexibility index (Phi) is 4.69. The average molecular weight is 485 g/mol. The first kappa shape index (κ1) is 13.6. The van der Waals surface area contributed by atoms with E-state index in [2.05, 4.69) is 69.0 Å². The molecule has 0 fully saturated rings. The van der Waals surface area contributed by atoms with Crippen molar-refractivity contribution in [1.29, 1.82) is 0 Å². The van der Waals surface area contributed by atoms with Gasteiger partial charge in [-0.15, -0.1) is 0 Å². The average Bonchev–Trinajstić information content (AvgIpc) is 2.33. The number of nitrogens with one attached hydrogen (secondary N) is 1. The minimum absolute atomic E-state index is 0.995. The highest BCUT2D eigenvalue weighted by molar-refractivity contribution is 9.14. The molecule has 5 heteroatoms. The smallest absolute Gasteiger partial charge is 0.0563 e. The van der Waals surface area contributed by atoms with Gasteiger partial charge < -0.3 is 5.32 Å². The van der Waals surface area contributed by atoms with Crippen molar-refractivity contribution >= 4 is 75.1 Å². The topological polar surface area (TPSA) is 12.0 Å². The highest BCUT2D eigenvalue weighted by Gasteiger charge is 2.07. The molecule has 0 aliphatic rings. The first-order valence-corrected chi connectivity index (χ1v) is 7.91. The molecule has 1 nitrogen and oxygen atoms in total. The van der Waals surface area contributed by atoms with Crippen molar-refractivity contribution in [3.05, 3.63) is 54.3 Å². The van der Waals surface area contributed by atoms with Gasteiger partial charge in [-0.25, -0.2) is 0 Å². The minimum Gasteiger partial charge on any atom is -0.355 e. The Morgan fingerprint density at radius 1 is 0.706 bits per heavy atom. The van der Waals surface area contributed by atoms with Crippen LogP contribution in [0.1, 0.15) is 0 Å². The van der Waals surface area contributed by atoms with Gasteiger partial charge in [0.1, 0.15) is 0 Å². The molecule has 0 amide bonds. The van der Waals surface area contributed by atoms with E-state index in [-0.39, 0.29) is 0 Å². The van der Waals surface area contributed by atoms with Crippen molar-refractivity contribution in [2.24, 2.45) is 0 Å². The lowest BCUT2D eigenvalue weighted by molar-refractivity contribution is 1.47. The second kappa shape index (κ2) is 5.87. The van der Waals surface area contributed by atoms with Gasteiger partial charge in [0.25, 0.3) is 0 Å². The van der Waals surface area contributed by atoms with E-state index in [0.717, 1.165) is 29.3 Å².